The number of thiocarbonyl (C=S) groups is 1. The molecule has 4 rings (SSSR count). The van der Waals surface area contributed by atoms with Crippen molar-refractivity contribution < 1.29 is 14.6 Å². The molecule has 1 unspecified atom stereocenters. The van der Waals surface area contributed by atoms with Crippen LogP contribution < -0.4 is 20.1 Å². The molecule has 0 amide bonds. The summed E-state index contributed by atoms with van der Waals surface area (Å²) >= 11 is 5.49. The Bertz CT molecular complexity index is 917. The number of phenolic OH excluding ortho intramolecular Hbond substituents is 1. The zero-order valence-electron chi connectivity index (χ0n) is 17.5. The number of aromatic nitrogens is 1. The fraction of sp³-hybridized carbons (Fsp3) is 0.455. The van der Waals surface area contributed by atoms with Crippen LogP contribution in [0.15, 0.2) is 36.7 Å². The third-order valence-electron chi connectivity index (χ3n) is 5.25. The van der Waals surface area contributed by atoms with E-state index in [0.717, 1.165) is 30.6 Å². The predicted molar refractivity (Wildman–Crippen MR) is 119 cm³/mol. The number of fused-ring (bicyclic) bond motifs is 1. The number of likely N-dealkylation sites (tertiary alicyclic amines) is 1. The van der Waals surface area contributed by atoms with E-state index in [1.54, 1.807) is 18.5 Å². The summed E-state index contributed by atoms with van der Waals surface area (Å²) in [6.45, 7) is 8.10. The number of aromatic hydroxyl groups is 1. The fourth-order valence-corrected chi connectivity index (χ4v) is 4.47. The number of nitrogens with one attached hydrogen (secondary N) is 2. The topological polar surface area (TPSA) is 78.9 Å². The van der Waals surface area contributed by atoms with E-state index in [-0.39, 0.29) is 30.2 Å². The molecule has 3 N–H and O–H groups in total. The highest BCUT2D eigenvalue weighted by atomic mass is 32.1. The molecule has 2 aliphatic heterocycles. The first-order chi connectivity index (χ1) is 14.3. The molecule has 30 heavy (non-hydrogen) atoms. The van der Waals surface area contributed by atoms with Crippen LogP contribution in [0.5, 0.6) is 17.2 Å². The van der Waals surface area contributed by atoms with Gasteiger partial charge in [-0.25, -0.2) is 0 Å². The first-order valence-electron chi connectivity index (χ1n) is 10.2. The zero-order chi connectivity index (χ0) is 21.3. The minimum Gasteiger partial charge on any atom is -0.507 e. The van der Waals surface area contributed by atoms with Crippen molar-refractivity contribution in [2.75, 3.05) is 19.9 Å². The Morgan fingerprint density at radius 3 is 2.63 bits per heavy atom. The van der Waals surface area contributed by atoms with Gasteiger partial charge in [-0.3, -0.25) is 9.88 Å². The van der Waals surface area contributed by atoms with Gasteiger partial charge in [0.1, 0.15) is 5.75 Å². The highest BCUT2D eigenvalue weighted by Crippen LogP contribution is 2.43. The second kappa shape index (κ2) is 8.28. The molecule has 1 aromatic heterocycles. The summed E-state index contributed by atoms with van der Waals surface area (Å²) in [5, 5.41) is 18.2. The van der Waals surface area contributed by atoms with Gasteiger partial charge < -0.3 is 25.2 Å². The lowest BCUT2D eigenvalue weighted by atomic mass is 9.96. The van der Waals surface area contributed by atoms with Gasteiger partial charge in [0, 0.05) is 48.7 Å². The van der Waals surface area contributed by atoms with Crippen LogP contribution in [0.4, 0.5) is 0 Å². The van der Waals surface area contributed by atoms with Crippen molar-refractivity contribution in [2.24, 2.45) is 0 Å². The maximum Gasteiger partial charge on any atom is 0.231 e. The number of ether oxygens (including phenoxy) is 2. The third-order valence-corrected chi connectivity index (χ3v) is 5.47. The van der Waals surface area contributed by atoms with Gasteiger partial charge in [-0.05, 0) is 63.2 Å². The third kappa shape index (κ3) is 4.60. The second-order valence-electron chi connectivity index (χ2n) is 8.78. The van der Waals surface area contributed by atoms with Gasteiger partial charge in [0.15, 0.2) is 16.6 Å². The molecule has 160 valence electrons. The highest BCUT2D eigenvalue weighted by Gasteiger charge is 2.33. The maximum absolute atomic E-state index is 10.8. The van der Waals surface area contributed by atoms with Crippen LogP contribution in [0.2, 0.25) is 0 Å². The summed E-state index contributed by atoms with van der Waals surface area (Å²) in [7, 11) is 0. The van der Waals surface area contributed by atoms with Gasteiger partial charge in [-0.1, -0.05) is 0 Å². The first kappa shape index (κ1) is 20.7. The lowest BCUT2D eigenvalue weighted by molar-refractivity contribution is 0.173. The van der Waals surface area contributed by atoms with Crippen LogP contribution in [0.3, 0.4) is 0 Å². The highest BCUT2D eigenvalue weighted by molar-refractivity contribution is 7.80. The number of phenols is 1. The molecule has 0 aliphatic carbocycles. The predicted octanol–water partition coefficient (Wildman–Crippen LogP) is 2.94. The van der Waals surface area contributed by atoms with Crippen molar-refractivity contribution in [1.82, 2.24) is 20.5 Å². The fourth-order valence-electron chi connectivity index (χ4n) is 4.00. The molecule has 1 aromatic carbocycles. The SMILES string of the molecule is CC(C)(C)NC(=S)N[C@@H]1CCN(C(c2ccncc2)c2cc3c(cc2O)OCO3)C1. The van der Waals surface area contributed by atoms with Crippen molar-refractivity contribution >= 4 is 17.3 Å². The van der Waals surface area contributed by atoms with E-state index in [9.17, 15) is 5.11 Å². The zero-order valence-corrected chi connectivity index (χ0v) is 18.3. The minimum absolute atomic E-state index is 0.0831. The smallest absolute Gasteiger partial charge is 0.231 e. The Labute approximate surface area is 182 Å². The van der Waals surface area contributed by atoms with Crippen molar-refractivity contribution in [3.8, 4) is 17.2 Å². The molecular formula is C22H28N4O3S. The van der Waals surface area contributed by atoms with E-state index in [1.807, 2.05) is 18.2 Å². The van der Waals surface area contributed by atoms with Gasteiger partial charge in [0.2, 0.25) is 6.79 Å². The molecule has 1 fully saturated rings. The molecule has 7 nitrogen and oxygen atoms in total. The number of hydrogen-bond donors (Lipinski definition) is 3. The molecule has 8 heteroatoms. The number of pyridine rings is 1. The molecule has 2 atom stereocenters. The molecule has 3 heterocycles. The standard InChI is InChI=1S/C22H28N4O3S/c1-22(2,3)25-21(30)24-15-6-9-26(12-15)20(14-4-7-23-8-5-14)16-10-18-19(11-17(16)27)29-13-28-18/h4-5,7-8,10-11,15,20,27H,6,9,12-13H2,1-3H3,(H2,24,25,30)/t15-,20?/m1/s1. The van der Waals surface area contributed by atoms with Gasteiger partial charge in [-0.15, -0.1) is 0 Å². The van der Waals surface area contributed by atoms with E-state index in [4.69, 9.17) is 21.7 Å². The number of rotatable bonds is 4. The van der Waals surface area contributed by atoms with Crippen molar-refractivity contribution in [2.45, 2.75) is 44.8 Å². The second-order valence-corrected chi connectivity index (χ2v) is 9.18. The van der Waals surface area contributed by atoms with E-state index in [1.165, 1.54) is 0 Å². The van der Waals surface area contributed by atoms with Gasteiger partial charge in [0.25, 0.3) is 0 Å². The summed E-state index contributed by atoms with van der Waals surface area (Å²) in [4.78, 5) is 6.50. The Morgan fingerprint density at radius 1 is 1.23 bits per heavy atom. The Kier molecular flexibility index (Phi) is 5.71. The minimum atomic E-state index is -0.126. The van der Waals surface area contributed by atoms with Gasteiger partial charge in [0.05, 0.1) is 6.04 Å². The van der Waals surface area contributed by atoms with Crippen LogP contribution in [0, 0.1) is 0 Å². The average molecular weight is 429 g/mol. The van der Waals surface area contributed by atoms with Crippen LogP contribution in [0.25, 0.3) is 0 Å². The van der Waals surface area contributed by atoms with E-state index < -0.39 is 0 Å². The summed E-state index contributed by atoms with van der Waals surface area (Å²) in [6, 6.07) is 7.60. The largest absolute Gasteiger partial charge is 0.507 e. The lowest BCUT2D eigenvalue weighted by Gasteiger charge is -2.30. The quantitative estimate of drug-likeness (QED) is 0.642. The van der Waals surface area contributed by atoms with Crippen LogP contribution in [0.1, 0.15) is 44.4 Å². The number of hydrogen-bond acceptors (Lipinski definition) is 6. The molecule has 0 bridgehead atoms. The summed E-state index contributed by atoms with van der Waals surface area (Å²) in [6.07, 6.45) is 4.51. The summed E-state index contributed by atoms with van der Waals surface area (Å²) in [5.74, 6) is 1.43. The van der Waals surface area contributed by atoms with Crippen LogP contribution in [-0.4, -0.2) is 51.6 Å². The van der Waals surface area contributed by atoms with Gasteiger partial charge in [-0.2, -0.15) is 0 Å². The van der Waals surface area contributed by atoms with E-state index >= 15 is 0 Å². The van der Waals surface area contributed by atoms with Crippen molar-refractivity contribution in [3.05, 3.63) is 47.8 Å². The number of nitrogens with zero attached hydrogens (tertiary/aromatic N) is 2. The molecular weight excluding hydrogens is 400 g/mol. The molecule has 1 saturated heterocycles. The average Bonchev–Trinajstić information content (AvgIpc) is 3.31. The molecule has 0 saturated carbocycles. The van der Waals surface area contributed by atoms with E-state index in [2.05, 4.69) is 41.3 Å². The summed E-state index contributed by atoms with van der Waals surface area (Å²) in [5.41, 5.74) is 1.77. The van der Waals surface area contributed by atoms with Gasteiger partial charge >= 0.3 is 0 Å². The Morgan fingerprint density at radius 2 is 1.93 bits per heavy atom. The monoisotopic (exact) mass is 428 g/mol. The number of benzene rings is 1. The van der Waals surface area contributed by atoms with E-state index in [0.29, 0.717) is 16.6 Å². The maximum atomic E-state index is 10.8. The van der Waals surface area contributed by atoms with Crippen molar-refractivity contribution in [1.29, 1.82) is 0 Å². The summed E-state index contributed by atoms with van der Waals surface area (Å²) < 4.78 is 11.0. The molecule has 2 aromatic rings. The molecule has 0 radical (unpaired) electrons. The Balaban J connectivity index is 1.57. The lowest BCUT2D eigenvalue weighted by Crippen LogP contribution is -2.50. The Hall–Kier alpha value is -2.58. The normalized spacial score (nSPS) is 19.5. The van der Waals surface area contributed by atoms with Crippen LogP contribution >= 0.6 is 12.2 Å². The van der Waals surface area contributed by atoms with Crippen molar-refractivity contribution in [3.63, 3.8) is 0 Å². The first-order valence-corrected chi connectivity index (χ1v) is 10.6. The molecule has 0 spiro atoms. The molecule has 2 aliphatic rings. The van der Waals surface area contributed by atoms with Crippen LogP contribution in [-0.2, 0) is 0 Å².